The van der Waals surface area contributed by atoms with E-state index in [1.165, 1.54) is 33.2 Å². The summed E-state index contributed by atoms with van der Waals surface area (Å²) >= 11 is 0. The number of aryl methyl sites for hydroxylation is 2. The van der Waals surface area contributed by atoms with Crippen LogP contribution in [-0.4, -0.2) is 15.5 Å². The topological polar surface area (TPSA) is 61.2 Å². The molecule has 0 saturated heterocycles. The third-order valence-electron chi connectivity index (χ3n) is 8.68. The van der Waals surface area contributed by atoms with Gasteiger partial charge >= 0.3 is 5.97 Å². The molecule has 0 bridgehead atoms. The lowest BCUT2D eigenvalue weighted by atomic mass is 9.79. The van der Waals surface area contributed by atoms with Gasteiger partial charge in [0.25, 0.3) is 5.56 Å². The smallest absolute Gasteiger partial charge is 0.313 e. The number of pyridine rings is 2. The van der Waals surface area contributed by atoms with Crippen molar-refractivity contribution in [3.63, 3.8) is 0 Å². The van der Waals surface area contributed by atoms with Crippen LogP contribution in [0.2, 0.25) is 0 Å². The Balaban J connectivity index is 1.64. The number of carbonyl (C=O) groups is 1. The van der Waals surface area contributed by atoms with Crippen molar-refractivity contribution in [2.45, 2.75) is 85.3 Å². The van der Waals surface area contributed by atoms with E-state index in [1.807, 2.05) is 11.5 Å². The van der Waals surface area contributed by atoms with E-state index < -0.39 is 0 Å². The highest BCUT2D eigenvalue weighted by Gasteiger charge is 2.35. The highest BCUT2D eigenvalue weighted by atomic mass is 16.5. The van der Waals surface area contributed by atoms with Gasteiger partial charge in [-0.1, -0.05) is 27.7 Å². The van der Waals surface area contributed by atoms with Crippen molar-refractivity contribution in [2.75, 3.05) is 0 Å². The molecule has 0 radical (unpaired) electrons. The van der Waals surface area contributed by atoms with Gasteiger partial charge < -0.3 is 9.30 Å². The summed E-state index contributed by atoms with van der Waals surface area (Å²) in [5.41, 5.74) is 11.1. The zero-order valence-electron chi connectivity index (χ0n) is 20.7. The largest absolute Gasteiger partial charge is 0.460 e. The highest BCUT2D eigenvalue weighted by molar-refractivity contribution is 5.93. The first kappa shape index (κ1) is 21.6. The van der Waals surface area contributed by atoms with Crippen molar-refractivity contribution in [3.8, 4) is 11.4 Å². The van der Waals surface area contributed by atoms with Crippen molar-refractivity contribution in [1.82, 2.24) is 9.55 Å². The van der Waals surface area contributed by atoms with Gasteiger partial charge in [0.2, 0.25) is 0 Å². The van der Waals surface area contributed by atoms with Gasteiger partial charge in [0, 0.05) is 10.9 Å². The lowest BCUT2D eigenvalue weighted by Gasteiger charge is -2.26. The lowest BCUT2D eigenvalue weighted by molar-refractivity contribution is -0.148. The fraction of sp³-hybridized carbons (Fsp3) is 0.483. The summed E-state index contributed by atoms with van der Waals surface area (Å²) in [7, 11) is 0. The van der Waals surface area contributed by atoms with Crippen LogP contribution in [0.1, 0.15) is 91.3 Å². The van der Waals surface area contributed by atoms with Crippen LogP contribution in [0.15, 0.2) is 16.9 Å². The maximum atomic E-state index is 13.5. The Kier molecular flexibility index (Phi) is 4.78. The number of rotatable bonds is 3. The Morgan fingerprint density at radius 3 is 2.59 bits per heavy atom. The molecule has 0 amide bonds. The van der Waals surface area contributed by atoms with Crippen molar-refractivity contribution in [3.05, 3.63) is 61.4 Å². The molecule has 2 unspecified atom stereocenters. The molecule has 5 heteroatoms. The molecule has 34 heavy (non-hydrogen) atoms. The summed E-state index contributed by atoms with van der Waals surface area (Å²) in [5, 5.41) is 1.32. The number of cyclic esters (lactones) is 1. The molecule has 4 heterocycles. The first-order chi connectivity index (χ1) is 16.3. The van der Waals surface area contributed by atoms with Gasteiger partial charge in [-0.15, -0.1) is 0 Å². The molecular formula is C29H32N2O3. The number of hydrogen-bond acceptors (Lipinski definition) is 4. The average Bonchev–Trinajstić information content (AvgIpc) is 3.19. The van der Waals surface area contributed by atoms with E-state index in [1.54, 1.807) is 0 Å². The molecule has 2 atom stereocenters. The number of aromatic nitrogens is 2. The molecule has 2 aliphatic heterocycles. The predicted octanol–water partition coefficient (Wildman–Crippen LogP) is 5.53. The molecule has 0 N–H and O–H groups in total. The third kappa shape index (κ3) is 2.82. The Bertz CT molecular complexity index is 1450. The summed E-state index contributed by atoms with van der Waals surface area (Å²) in [4.78, 5) is 31.2. The van der Waals surface area contributed by atoms with Gasteiger partial charge in [-0.05, 0) is 84.4 Å². The fourth-order valence-corrected chi connectivity index (χ4v) is 6.43. The van der Waals surface area contributed by atoms with Crippen LogP contribution in [0, 0.1) is 12.8 Å². The first-order valence-electron chi connectivity index (χ1n) is 12.7. The Morgan fingerprint density at radius 2 is 1.85 bits per heavy atom. The Morgan fingerprint density at radius 1 is 1.09 bits per heavy atom. The van der Waals surface area contributed by atoms with Gasteiger partial charge in [0.05, 0.1) is 34.9 Å². The summed E-state index contributed by atoms with van der Waals surface area (Å²) in [5.74, 6) is 0.404. The van der Waals surface area contributed by atoms with Gasteiger partial charge in [0.15, 0.2) is 0 Å². The summed E-state index contributed by atoms with van der Waals surface area (Å²) in [6.45, 7) is 11.8. The van der Waals surface area contributed by atoms with Crippen LogP contribution < -0.4 is 5.56 Å². The number of fused-ring (bicyclic) bond motifs is 5. The molecule has 1 aliphatic carbocycles. The monoisotopic (exact) mass is 456 g/mol. The number of ether oxygens (including phenoxy) is 1. The number of benzene rings is 1. The predicted molar refractivity (Wildman–Crippen MR) is 133 cm³/mol. The van der Waals surface area contributed by atoms with E-state index in [2.05, 4.69) is 39.8 Å². The standard InChI is InChI=1S/C29H32N2O3/c1-6-17-21-11-25-27-22(12-31(25)28(32)23(21)13-34-29(17)33)19-9-7-8-18-16(5)20(15(4)14(2)3)10-24(30-27)26(18)19/h10-11,14-15,17H,6-9,12-13H2,1-5H3. The average molecular weight is 457 g/mol. The molecule has 6 rings (SSSR count). The second-order valence-corrected chi connectivity index (χ2v) is 10.7. The quantitative estimate of drug-likeness (QED) is 0.380. The summed E-state index contributed by atoms with van der Waals surface area (Å²) in [6, 6.07) is 4.36. The van der Waals surface area contributed by atoms with Crippen LogP contribution in [-0.2, 0) is 35.5 Å². The lowest BCUT2D eigenvalue weighted by Crippen LogP contribution is -2.32. The fourth-order valence-electron chi connectivity index (χ4n) is 6.43. The van der Waals surface area contributed by atoms with Crippen molar-refractivity contribution in [1.29, 1.82) is 0 Å². The minimum atomic E-state index is -0.377. The molecule has 3 aliphatic rings. The van der Waals surface area contributed by atoms with Crippen LogP contribution in [0.4, 0.5) is 0 Å². The second-order valence-electron chi connectivity index (χ2n) is 10.7. The summed E-state index contributed by atoms with van der Waals surface area (Å²) < 4.78 is 7.22. The van der Waals surface area contributed by atoms with Crippen molar-refractivity contribution >= 4 is 16.9 Å². The van der Waals surface area contributed by atoms with Crippen LogP contribution >= 0.6 is 0 Å². The van der Waals surface area contributed by atoms with Crippen molar-refractivity contribution < 1.29 is 9.53 Å². The molecule has 176 valence electrons. The Labute approximate surface area is 200 Å². The highest BCUT2D eigenvalue weighted by Crippen LogP contribution is 2.43. The Hall–Kier alpha value is -2.95. The number of carbonyl (C=O) groups excluding carboxylic acids is 1. The number of nitrogens with zero attached hydrogens (tertiary/aromatic N) is 2. The maximum absolute atomic E-state index is 13.5. The van der Waals surface area contributed by atoms with E-state index in [-0.39, 0.29) is 24.1 Å². The van der Waals surface area contributed by atoms with E-state index in [0.717, 1.165) is 41.7 Å². The van der Waals surface area contributed by atoms with Crippen LogP contribution in [0.3, 0.4) is 0 Å². The molecular weight excluding hydrogens is 424 g/mol. The first-order valence-corrected chi connectivity index (χ1v) is 12.7. The van der Waals surface area contributed by atoms with Gasteiger partial charge in [-0.2, -0.15) is 0 Å². The van der Waals surface area contributed by atoms with E-state index in [0.29, 0.717) is 30.4 Å². The molecule has 5 nitrogen and oxygen atoms in total. The molecule has 0 spiro atoms. The molecule has 2 aromatic heterocycles. The molecule has 0 saturated carbocycles. The second kappa shape index (κ2) is 7.53. The van der Waals surface area contributed by atoms with Crippen LogP contribution in [0.25, 0.3) is 22.3 Å². The SMILES string of the molecule is CCC1C(=O)OCc2c1cc1n(c2=O)Cc2c-1nc1cc(C(C)C(C)C)c(C)c3c1c2CCC3. The van der Waals surface area contributed by atoms with E-state index in [4.69, 9.17) is 9.72 Å². The van der Waals surface area contributed by atoms with Crippen molar-refractivity contribution in [2.24, 2.45) is 5.92 Å². The molecule has 1 aromatic carbocycles. The zero-order valence-corrected chi connectivity index (χ0v) is 20.7. The summed E-state index contributed by atoms with van der Waals surface area (Å²) in [6.07, 6.45) is 3.86. The zero-order chi connectivity index (χ0) is 23.9. The third-order valence-corrected chi connectivity index (χ3v) is 8.68. The normalized spacial score (nSPS) is 19.1. The molecule has 3 aromatic rings. The van der Waals surface area contributed by atoms with E-state index >= 15 is 0 Å². The molecule has 0 fully saturated rings. The van der Waals surface area contributed by atoms with Gasteiger partial charge in [-0.25, -0.2) is 4.98 Å². The van der Waals surface area contributed by atoms with Gasteiger partial charge in [0.1, 0.15) is 6.61 Å². The minimum Gasteiger partial charge on any atom is -0.460 e. The van der Waals surface area contributed by atoms with Gasteiger partial charge in [-0.3, -0.25) is 9.59 Å². The van der Waals surface area contributed by atoms with E-state index in [9.17, 15) is 9.59 Å². The van der Waals surface area contributed by atoms with Crippen LogP contribution in [0.5, 0.6) is 0 Å². The maximum Gasteiger partial charge on any atom is 0.313 e. The number of hydrogen-bond donors (Lipinski definition) is 0. The number of esters is 1. The minimum absolute atomic E-state index is 0.0333.